The van der Waals surface area contributed by atoms with Gasteiger partial charge in [-0.15, -0.1) is 0 Å². The number of hydrogen-bond donors (Lipinski definition) is 1. The van der Waals surface area contributed by atoms with Gasteiger partial charge < -0.3 is 14.6 Å². The lowest BCUT2D eigenvalue weighted by molar-refractivity contribution is 0.0879. The summed E-state index contributed by atoms with van der Waals surface area (Å²) in [6.45, 7) is 2.46. The van der Waals surface area contributed by atoms with Crippen LogP contribution in [-0.2, 0) is 6.42 Å². The average Bonchev–Trinajstić information content (AvgIpc) is 3.19. The molecule has 1 aromatic carbocycles. The van der Waals surface area contributed by atoms with Crippen molar-refractivity contribution in [2.75, 3.05) is 13.7 Å². The lowest BCUT2D eigenvalue weighted by Gasteiger charge is -2.14. The molecule has 1 saturated carbocycles. The lowest BCUT2D eigenvalue weighted by atomic mass is 10.1. The Kier molecular flexibility index (Phi) is 3.89. The number of methoxy groups -OCH3 is 1. The molecule has 0 aromatic heterocycles. The van der Waals surface area contributed by atoms with E-state index in [-0.39, 0.29) is 6.10 Å². The largest absolute Gasteiger partial charge is 0.493 e. The van der Waals surface area contributed by atoms with E-state index in [1.807, 2.05) is 18.2 Å². The highest BCUT2D eigenvalue weighted by Gasteiger charge is 2.30. The zero-order valence-electron chi connectivity index (χ0n) is 10.5. The average molecular weight is 236 g/mol. The standard InChI is InChI=1S/C14H20O3/c1-3-10-4-7-13(14(8-10)16-2)17-9-12(15)11-5-6-11/h4,7-8,11-12,15H,3,5-6,9H2,1-2H3. The molecule has 0 spiro atoms. The molecule has 2 rings (SSSR count). The molecular weight excluding hydrogens is 216 g/mol. The van der Waals surface area contributed by atoms with Gasteiger partial charge >= 0.3 is 0 Å². The van der Waals surface area contributed by atoms with Crippen LogP contribution in [0, 0.1) is 5.92 Å². The van der Waals surface area contributed by atoms with Crippen molar-refractivity contribution < 1.29 is 14.6 Å². The van der Waals surface area contributed by atoms with Crippen LogP contribution in [0.25, 0.3) is 0 Å². The lowest BCUT2D eigenvalue weighted by Crippen LogP contribution is -2.19. The van der Waals surface area contributed by atoms with E-state index in [1.165, 1.54) is 5.56 Å². The van der Waals surface area contributed by atoms with Gasteiger partial charge in [0, 0.05) is 0 Å². The number of aliphatic hydroxyl groups excluding tert-OH is 1. The molecule has 1 fully saturated rings. The molecule has 0 heterocycles. The maximum Gasteiger partial charge on any atom is 0.161 e. The normalized spacial score (nSPS) is 16.6. The molecule has 1 unspecified atom stereocenters. The first-order valence-corrected chi connectivity index (χ1v) is 6.22. The van der Waals surface area contributed by atoms with E-state index < -0.39 is 0 Å². The second-order valence-corrected chi connectivity index (χ2v) is 4.55. The summed E-state index contributed by atoms with van der Waals surface area (Å²) in [7, 11) is 1.64. The molecule has 1 aliphatic rings. The van der Waals surface area contributed by atoms with E-state index >= 15 is 0 Å². The third kappa shape index (κ3) is 3.13. The molecule has 1 aromatic rings. The van der Waals surface area contributed by atoms with Crippen LogP contribution < -0.4 is 9.47 Å². The third-order valence-electron chi connectivity index (χ3n) is 3.21. The van der Waals surface area contributed by atoms with E-state index in [4.69, 9.17) is 9.47 Å². The monoisotopic (exact) mass is 236 g/mol. The first kappa shape index (κ1) is 12.2. The molecule has 0 bridgehead atoms. The number of aryl methyl sites for hydroxylation is 1. The molecule has 3 heteroatoms. The quantitative estimate of drug-likeness (QED) is 0.824. The molecular formula is C14H20O3. The van der Waals surface area contributed by atoms with Crippen molar-refractivity contribution in [3.63, 3.8) is 0 Å². The van der Waals surface area contributed by atoms with Crippen molar-refractivity contribution in [3.8, 4) is 11.5 Å². The van der Waals surface area contributed by atoms with Gasteiger partial charge in [-0.1, -0.05) is 13.0 Å². The summed E-state index contributed by atoms with van der Waals surface area (Å²) in [5.74, 6) is 1.90. The van der Waals surface area contributed by atoms with Crippen LogP contribution in [0.1, 0.15) is 25.3 Å². The summed E-state index contributed by atoms with van der Waals surface area (Å²) < 4.78 is 10.9. The fraction of sp³-hybridized carbons (Fsp3) is 0.571. The number of aliphatic hydroxyl groups is 1. The summed E-state index contributed by atoms with van der Waals surface area (Å²) in [5.41, 5.74) is 1.22. The Morgan fingerprint density at radius 2 is 2.12 bits per heavy atom. The Bertz CT molecular complexity index is 372. The van der Waals surface area contributed by atoms with Crippen LogP contribution in [0.2, 0.25) is 0 Å². The van der Waals surface area contributed by atoms with Crippen LogP contribution in [-0.4, -0.2) is 24.9 Å². The number of ether oxygens (including phenoxy) is 2. The molecule has 0 aliphatic heterocycles. The van der Waals surface area contributed by atoms with Gasteiger partial charge in [0.2, 0.25) is 0 Å². The molecule has 0 saturated heterocycles. The Morgan fingerprint density at radius 1 is 1.35 bits per heavy atom. The zero-order chi connectivity index (χ0) is 12.3. The fourth-order valence-electron chi connectivity index (χ4n) is 1.84. The van der Waals surface area contributed by atoms with Gasteiger partial charge in [-0.25, -0.2) is 0 Å². The van der Waals surface area contributed by atoms with Crippen molar-refractivity contribution in [1.29, 1.82) is 0 Å². The van der Waals surface area contributed by atoms with Crippen LogP contribution in [0.4, 0.5) is 0 Å². The number of benzene rings is 1. The van der Waals surface area contributed by atoms with Gasteiger partial charge in [0.05, 0.1) is 13.2 Å². The number of rotatable bonds is 6. The molecule has 0 amide bonds. The van der Waals surface area contributed by atoms with E-state index in [9.17, 15) is 5.11 Å². The molecule has 1 aliphatic carbocycles. The first-order chi connectivity index (χ1) is 8.24. The van der Waals surface area contributed by atoms with E-state index in [1.54, 1.807) is 7.11 Å². The van der Waals surface area contributed by atoms with Gasteiger partial charge in [0.25, 0.3) is 0 Å². The maximum absolute atomic E-state index is 9.75. The Hall–Kier alpha value is -1.22. The second-order valence-electron chi connectivity index (χ2n) is 4.55. The van der Waals surface area contributed by atoms with E-state index in [0.29, 0.717) is 18.3 Å². The summed E-state index contributed by atoms with van der Waals surface area (Å²) in [6.07, 6.45) is 2.87. The Balaban J connectivity index is 1.98. The van der Waals surface area contributed by atoms with Gasteiger partial charge in [-0.2, -0.15) is 0 Å². The predicted octanol–water partition coefficient (Wildman–Crippen LogP) is 2.41. The Labute approximate surface area is 102 Å². The second kappa shape index (κ2) is 5.41. The SMILES string of the molecule is CCc1ccc(OCC(O)C2CC2)c(OC)c1. The third-order valence-corrected chi connectivity index (χ3v) is 3.21. The summed E-state index contributed by atoms with van der Waals surface area (Å²) in [4.78, 5) is 0. The fourth-order valence-corrected chi connectivity index (χ4v) is 1.84. The molecule has 1 N–H and O–H groups in total. The van der Waals surface area contributed by atoms with Crippen LogP contribution in [0.5, 0.6) is 11.5 Å². The predicted molar refractivity (Wildman–Crippen MR) is 66.6 cm³/mol. The minimum atomic E-state index is -0.342. The van der Waals surface area contributed by atoms with Crippen LogP contribution in [0.3, 0.4) is 0 Å². The highest BCUT2D eigenvalue weighted by Crippen LogP contribution is 2.34. The first-order valence-electron chi connectivity index (χ1n) is 6.22. The molecule has 3 nitrogen and oxygen atoms in total. The molecule has 94 valence electrons. The van der Waals surface area contributed by atoms with Crippen LogP contribution in [0.15, 0.2) is 18.2 Å². The topological polar surface area (TPSA) is 38.7 Å². The van der Waals surface area contributed by atoms with Crippen molar-refractivity contribution in [2.24, 2.45) is 5.92 Å². The minimum absolute atomic E-state index is 0.342. The summed E-state index contributed by atoms with van der Waals surface area (Å²) in [6, 6.07) is 5.93. The van der Waals surface area contributed by atoms with Crippen molar-refractivity contribution in [1.82, 2.24) is 0 Å². The maximum atomic E-state index is 9.75. The van der Waals surface area contributed by atoms with Gasteiger partial charge in [-0.05, 0) is 42.9 Å². The molecule has 1 atom stereocenters. The van der Waals surface area contributed by atoms with Gasteiger partial charge in [-0.3, -0.25) is 0 Å². The van der Waals surface area contributed by atoms with Gasteiger partial charge in [0.1, 0.15) is 6.61 Å². The number of hydrogen-bond acceptors (Lipinski definition) is 3. The highest BCUT2D eigenvalue weighted by molar-refractivity contribution is 5.42. The van der Waals surface area contributed by atoms with Crippen molar-refractivity contribution in [2.45, 2.75) is 32.3 Å². The zero-order valence-corrected chi connectivity index (χ0v) is 10.5. The molecule has 0 radical (unpaired) electrons. The van der Waals surface area contributed by atoms with E-state index in [0.717, 1.165) is 25.0 Å². The summed E-state index contributed by atoms with van der Waals surface area (Å²) in [5, 5.41) is 9.75. The van der Waals surface area contributed by atoms with Gasteiger partial charge in [0.15, 0.2) is 11.5 Å². The summed E-state index contributed by atoms with van der Waals surface area (Å²) >= 11 is 0. The van der Waals surface area contributed by atoms with Crippen molar-refractivity contribution in [3.05, 3.63) is 23.8 Å². The smallest absolute Gasteiger partial charge is 0.161 e. The van der Waals surface area contributed by atoms with E-state index in [2.05, 4.69) is 6.92 Å². The molecule has 17 heavy (non-hydrogen) atoms. The minimum Gasteiger partial charge on any atom is -0.493 e. The Morgan fingerprint density at radius 3 is 2.71 bits per heavy atom. The highest BCUT2D eigenvalue weighted by atomic mass is 16.5. The van der Waals surface area contributed by atoms with Crippen molar-refractivity contribution >= 4 is 0 Å². The van der Waals surface area contributed by atoms with Crippen LogP contribution >= 0.6 is 0 Å².